The third kappa shape index (κ3) is 2.67. The second kappa shape index (κ2) is 5.20. The number of hydrogen-bond donors (Lipinski definition) is 2. The number of carbonyl (C=O) groups is 1. The lowest BCUT2D eigenvalue weighted by Crippen LogP contribution is -2.12. The number of fused-ring (bicyclic) bond motifs is 1. The Balaban J connectivity index is 1.95. The fraction of sp³-hybridized carbons (Fsp3) is 0.0625. The van der Waals surface area contributed by atoms with E-state index in [1.165, 1.54) is 0 Å². The van der Waals surface area contributed by atoms with Crippen molar-refractivity contribution in [3.05, 3.63) is 70.3 Å². The van der Waals surface area contributed by atoms with Crippen molar-refractivity contribution in [3.63, 3.8) is 0 Å². The SMILES string of the molecule is Cc1cc(=O)[nH]c2cc(NC(=O)c3ccncc3)ccc12. The molecule has 1 amide bonds. The topological polar surface area (TPSA) is 74.8 Å². The number of pyridine rings is 2. The van der Waals surface area contributed by atoms with Crippen molar-refractivity contribution in [3.8, 4) is 0 Å². The molecule has 0 unspecified atom stereocenters. The highest BCUT2D eigenvalue weighted by Crippen LogP contribution is 2.19. The minimum Gasteiger partial charge on any atom is -0.322 e. The van der Waals surface area contributed by atoms with Gasteiger partial charge in [0.1, 0.15) is 0 Å². The fourth-order valence-corrected chi connectivity index (χ4v) is 2.22. The highest BCUT2D eigenvalue weighted by Gasteiger charge is 2.07. The zero-order valence-electron chi connectivity index (χ0n) is 11.4. The van der Waals surface area contributed by atoms with E-state index >= 15 is 0 Å². The molecule has 0 aliphatic heterocycles. The van der Waals surface area contributed by atoms with Gasteiger partial charge in [-0.3, -0.25) is 14.6 Å². The highest BCUT2D eigenvalue weighted by molar-refractivity contribution is 6.05. The maximum Gasteiger partial charge on any atom is 0.255 e. The smallest absolute Gasteiger partial charge is 0.255 e. The van der Waals surface area contributed by atoms with Gasteiger partial charge in [-0.25, -0.2) is 0 Å². The lowest BCUT2D eigenvalue weighted by atomic mass is 10.1. The summed E-state index contributed by atoms with van der Waals surface area (Å²) in [6, 6.07) is 10.3. The van der Waals surface area contributed by atoms with E-state index in [9.17, 15) is 9.59 Å². The molecule has 0 bridgehead atoms. The van der Waals surface area contributed by atoms with E-state index in [1.54, 1.807) is 36.7 Å². The molecule has 5 heteroatoms. The number of nitrogens with zero attached hydrogens (tertiary/aromatic N) is 1. The van der Waals surface area contributed by atoms with Crippen LogP contribution in [-0.2, 0) is 0 Å². The van der Waals surface area contributed by atoms with E-state index in [-0.39, 0.29) is 11.5 Å². The number of H-pyrrole nitrogens is 1. The Morgan fingerprint density at radius 3 is 2.67 bits per heavy atom. The van der Waals surface area contributed by atoms with Gasteiger partial charge in [0, 0.05) is 35.1 Å². The molecule has 0 saturated heterocycles. The van der Waals surface area contributed by atoms with Gasteiger partial charge in [0.05, 0.1) is 5.52 Å². The standard InChI is InChI=1S/C16H13N3O2/c1-10-8-15(20)19-14-9-12(2-3-13(10)14)18-16(21)11-4-6-17-7-5-11/h2-9H,1H3,(H,18,21)(H,19,20). The van der Waals surface area contributed by atoms with Crippen LogP contribution in [0.4, 0.5) is 5.69 Å². The number of nitrogens with one attached hydrogen (secondary N) is 2. The van der Waals surface area contributed by atoms with Crippen LogP contribution in [-0.4, -0.2) is 15.9 Å². The minimum atomic E-state index is -0.216. The van der Waals surface area contributed by atoms with Gasteiger partial charge in [-0.15, -0.1) is 0 Å². The first-order chi connectivity index (χ1) is 10.1. The van der Waals surface area contributed by atoms with Crippen LogP contribution in [0, 0.1) is 6.92 Å². The Labute approximate surface area is 120 Å². The first-order valence-corrected chi connectivity index (χ1v) is 6.48. The molecule has 0 radical (unpaired) electrons. The van der Waals surface area contributed by atoms with Crippen molar-refractivity contribution in [2.24, 2.45) is 0 Å². The molecule has 0 atom stereocenters. The maximum atomic E-state index is 12.1. The fourth-order valence-electron chi connectivity index (χ4n) is 2.22. The Hall–Kier alpha value is -2.95. The third-order valence-corrected chi connectivity index (χ3v) is 3.25. The first-order valence-electron chi connectivity index (χ1n) is 6.48. The molecule has 2 N–H and O–H groups in total. The number of aryl methyl sites for hydroxylation is 1. The molecule has 0 saturated carbocycles. The second-order valence-corrected chi connectivity index (χ2v) is 4.77. The number of hydrogen-bond acceptors (Lipinski definition) is 3. The molecule has 2 aromatic heterocycles. The van der Waals surface area contributed by atoms with Gasteiger partial charge in [0.15, 0.2) is 0 Å². The average Bonchev–Trinajstić information content (AvgIpc) is 2.47. The van der Waals surface area contributed by atoms with Gasteiger partial charge < -0.3 is 10.3 Å². The monoisotopic (exact) mass is 279 g/mol. The molecule has 104 valence electrons. The van der Waals surface area contributed by atoms with Crippen molar-refractivity contribution >= 4 is 22.5 Å². The van der Waals surface area contributed by atoms with E-state index in [2.05, 4.69) is 15.3 Å². The Morgan fingerprint density at radius 1 is 1.14 bits per heavy atom. The summed E-state index contributed by atoms with van der Waals surface area (Å²) in [5, 5.41) is 3.76. The molecule has 1 aromatic carbocycles. The van der Waals surface area contributed by atoms with Gasteiger partial charge >= 0.3 is 0 Å². The molecule has 2 heterocycles. The molecule has 0 spiro atoms. The maximum absolute atomic E-state index is 12.1. The summed E-state index contributed by atoms with van der Waals surface area (Å²) in [6.07, 6.45) is 3.13. The Morgan fingerprint density at radius 2 is 1.90 bits per heavy atom. The van der Waals surface area contributed by atoms with Crippen LogP contribution < -0.4 is 10.9 Å². The molecule has 3 aromatic rings. The zero-order valence-corrected chi connectivity index (χ0v) is 11.4. The molecule has 5 nitrogen and oxygen atoms in total. The molecule has 0 aliphatic rings. The van der Waals surface area contributed by atoms with Crippen molar-refractivity contribution in [1.82, 2.24) is 9.97 Å². The van der Waals surface area contributed by atoms with Gasteiger partial charge in [0.2, 0.25) is 5.56 Å². The molecule has 3 rings (SSSR count). The van der Waals surface area contributed by atoms with Crippen molar-refractivity contribution in [2.75, 3.05) is 5.32 Å². The van der Waals surface area contributed by atoms with Crippen LogP contribution in [0.2, 0.25) is 0 Å². The van der Waals surface area contributed by atoms with E-state index in [0.717, 1.165) is 10.9 Å². The van der Waals surface area contributed by atoms with Crippen LogP contribution in [0.25, 0.3) is 10.9 Å². The summed E-state index contributed by atoms with van der Waals surface area (Å²) < 4.78 is 0. The number of aromatic nitrogens is 2. The van der Waals surface area contributed by atoms with E-state index in [0.29, 0.717) is 16.8 Å². The summed E-state index contributed by atoms with van der Waals surface area (Å²) in [5.41, 5.74) is 2.61. The van der Waals surface area contributed by atoms with E-state index < -0.39 is 0 Å². The number of anilines is 1. The van der Waals surface area contributed by atoms with Gasteiger partial charge in [-0.1, -0.05) is 6.07 Å². The third-order valence-electron chi connectivity index (χ3n) is 3.25. The average molecular weight is 279 g/mol. The Kier molecular flexibility index (Phi) is 3.23. The molecule has 0 aliphatic carbocycles. The van der Waals surface area contributed by atoms with Crippen LogP contribution in [0.15, 0.2) is 53.6 Å². The molecular formula is C16H13N3O2. The van der Waals surface area contributed by atoms with Crippen LogP contribution in [0.1, 0.15) is 15.9 Å². The predicted molar refractivity (Wildman–Crippen MR) is 81.5 cm³/mol. The zero-order chi connectivity index (χ0) is 14.8. The lowest BCUT2D eigenvalue weighted by molar-refractivity contribution is 0.102. The van der Waals surface area contributed by atoms with Crippen molar-refractivity contribution < 1.29 is 4.79 Å². The first kappa shape index (κ1) is 13.1. The molecular weight excluding hydrogens is 266 g/mol. The Bertz CT molecular complexity index is 870. The summed E-state index contributed by atoms with van der Waals surface area (Å²) >= 11 is 0. The number of aromatic amines is 1. The highest BCUT2D eigenvalue weighted by atomic mass is 16.1. The molecule has 21 heavy (non-hydrogen) atoms. The number of amides is 1. The lowest BCUT2D eigenvalue weighted by Gasteiger charge is -2.07. The number of rotatable bonds is 2. The van der Waals surface area contributed by atoms with Crippen LogP contribution >= 0.6 is 0 Å². The van der Waals surface area contributed by atoms with Crippen LogP contribution in [0.3, 0.4) is 0 Å². The van der Waals surface area contributed by atoms with Gasteiger partial charge in [-0.2, -0.15) is 0 Å². The largest absolute Gasteiger partial charge is 0.322 e. The summed E-state index contributed by atoms with van der Waals surface area (Å²) in [4.78, 5) is 30.2. The summed E-state index contributed by atoms with van der Waals surface area (Å²) in [6.45, 7) is 1.88. The van der Waals surface area contributed by atoms with Crippen molar-refractivity contribution in [2.45, 2.75) is 6.92 Å². The number of carbonyl (C=O) groups excluding carboxylic acids is 1. The molecule has 0 fully saturated rings. The quantitative estimate of drug-likeness (QED) is 0.756. The normalized spacial score (nSPS) is 10.5. The predicted octanol–water partition coefficient (Wildman–Crippen LogP) is 2.48. The number of benzene rings is 1. The minimum absolute atomic E-state index is 0.155. The van der Waals surface area contributed by atoms with Gasteiger partial charge in [0.25, 0.3) is 5.91 Å². The summed E-state index contributed by atoms with van der Waals surface area (Å²) in [5.74, 6) is -0.216. The summed E-state index contributed by atoms with van der Waals surface area (Å²) in [7, 11) is 0. The van der Waals surface area contributed by atoms with Gasteiger partial charge in [-0.05, 0) is 36.8 Å². The van der Waals surface area contributed by atoms with Crippen molar-refractivity contribution in [1.29, 1.82) is 0 Å². The van der Waals surface area contributed by atoms with E-state index in [1.807, 2.05) is 19.1 Å². The van der Waals surface area contributed by atoms with E-state index in [4.69, 9.17) is 0 Å². The second-order valence-electron chi connectivity index (χ2n) is 4.77. The van der Waals surface area contributed by atoms with Crippen LogP contribution in [0.5, 0.6) is 0 Å².